The van der Waals surface area contributed by atoms with Crippen LogP contribution in [-0.4, -0.2) is 72.6 Å². The van der Waals surface area contributed by atoms with Crippen LogP contribution in [-0.2, 0) is 14.3 Å². The molecule has 0 saturated carbocycles. The molecule has 1 N–H and O–H groups in total. The van der Waals surface area contributed by atoms with Crippen LogP contribution in [0.2, 0.25) is 0 Å². The van der Waals surface area contributed by atoms with Gasteiger partial charge in [-0.3, -0.25) is 14.5 Å². The van der Waals surface area contributed by atoms with E-state index in [-0.39, 0.29) is 11.3 Å². The molecule has 1 atom stereocenters. The Labute approximate surface area is 200 Å². The van der Waals surface area contributed by atoms with Gasteiger partial charge in [-0.15, -0.1) is 0 Å². The van der Waals surface area contributed by atoms with Crippen molar-refractivity contribution < 1.29 is 24.2 Å². The van der Waals surface area contributed by atoms with E-state index in [1.54, 1.807) is 17.0 Å². The zero-order valence-corrected chi connectivity index (χ0v) is 19.8. The molecule has 2 fully saturated rings. The Morgan fingerprint density at radius 1 is 1.03 bits per heavy atom. The topological polar surface area (TPSA) is 79.3 Å². The normalized spacial score (nSPS) is 20.6. The second-order valence-electron chi connectivity index (χ2n) is 8.73. The molecule has 7 heteroatoms. The molecule has 7 nitrogen and oxygen atoms in total. The fraction of sp³-hybridized carbons (Fsp3) is 0.407. The van der Waals surface area contributed by atoms with Gasteiger partial charge in [-0.05, 0) is 31.0 Å². The molecule has 34 heavy (non-hydrogen) atoms. The number of nitrogens with zero attached hydrogens (tertiary/aromatic N) is 2. The predicted molar refractivity (Wildman–Crippen MR) is 130 cm³/mol. The molecule has 2 aliphatic rings. The van der Waals surface area contributed by atoms with Gasteiger partial charge in [0, 0.05) is 31.7 Å². The first-order chi connectivity index (χ1) is 16.5. The third-order valence-electron chi connectivity index (χ3n) is 6.29. The number of carbonyl (C=O) groups excluding carboxylic acids is 2. The number of ketones is 1. The SMILES string of the molecule is CCCOc1ccc([C@H]2/C(=C(\O)c3ccc(C)cc3)C(=O)C(=O)N2CCN2CCOCC2)cc1. The summed E-state index contributed by atoms with van der Waals surface area (Å²) in [4.78, 5) is 30.1. The van der Waals surface area contributed by atoms with Crippen molar-refractivity contribution in [1.82, 2.24) is 9.80 Å². The van der Waals surface area contributed by atoms with E-state index in [0.717, 1.165) is 36.4 Å². The molecule has 0 aromatic heterocycles. The lowest BCUT2D eigenvalue weighted by Gasteiger charge is -2.31. The van der Waals surface area contributed by atoms with Crippen LogP contribution in [0.1, 0.15) is 36.1 Å². The maximum atomic E-state index is 13.2. The zero-order chi connectivity index (χ0) is 24.1. The molecule has 0 bridgehead atoms. The van der Waals surface area contributed by atoms with E-state index in [1.165, 1.54) is 0 Å². The van der Waals surface area contributed by atoms with Gasteiger partial charge in [-0.2, -0.15) is 0 Å². The molecule has 0 aliphatic carbocycles. The lowest BCUT2D eigenvalue weighted by molar-refractivity contribution is -0.140. The zero-order valence-electron chi connectivity index (χ0n) is 19.8. The van der Waals surface area contributed by atoms with Crippen molar-refractivity contribution >= 4 is 17.4 Å². The number of Topliss-reactive ketones (excluding diaryl/α,β-unsaturated/α-hetero) is 1. The minimum atomic E-state index is -0.664. The highest BCUT2D eigenvalue weighted by Crippen LogP contribution is 2.39. The van der Waals surface area contributed by atoms with Gasteiger partial charge in [0.15, 0.2) is 0 Å². The van der Waals surface area contributed by atoms with Gasteiger partial charge in [-0.1, -0.05) is 48.9 Å². The van der Waals surface area contributed by atoms with Gasteiger partial charge in [-0.25, -0.2) is 0 Å². The fourth-order valence-electron chi connectivity index (χ4n) is 4.36. The van der Waals surface area contributed by atoms with Crippen molar-refractivity contribution in [3.63, 3.8) is 0 Å². The van der Waals surface area contributed by atoms with Crippen molar-refractivity contribution in [2.75, 3.05) is 46.0 Å². The summed E-state index contributed by atoms with van der Waals surface area (Å²) >= 11 is 0. The van der Waals surface area contributed by atoms with E-state index < -0.39 is 17.7 Å². The van der Waals surface area contributed by atoms with Crippen molar-refractivity contribution in [2.24, 2.45) is 0 Å². The van der Waals surface area contributed by atoms with Gasteiger partial charge in [0.1, 0.15) is 11.5 Å². The molecule has 2 aromatic rings. The largest absolute Gasteiger partial charge is 0.507 e. The van der Waals surface area contributed by atoms with E-state index in [0.29, 0.717) is 38.5 Å². The summed E-state index contributed by atoms with van der Waals surface area (Å²) in [6, 6.07) is 14.0. The van der Waals surface area contributed by atoms with Gasteiger partial charge in [0.2, 0.25) is 0 Å². The second kappa shape index (κ2) is 10.8. The molecule has 4 rings (SSSR count). The monoisotopic (exact) mass is 464 g/mol. The Bertz CT molecular complexity index is 1040. The highest BCUT2D eigenvalue weighted by Gasteiger charge is 2.46. The van der Waals surface area contributed by atoms with Crippen molar-refractivity contribution in [2.45, 2.75) is 26.3 Å². The quantitative estimate of drug-likeness (QED) is 0.366. The number of likely N-dealkylation sites (tertiary alicyclic amines) is 1. The van der Waals surface area contributed by atoms with Crippen LogP contribution >= 0.6 is 0 Å². The average Bonchev–Trinajstić information content (AvgIpc) is 3.12. The fourth-order valence-corrected chi connectivity index (χ4v) is 4.36. The number of hydrogen-bond donors (Lipinski definition) is 1. The van der Waals surface area contributed by atoms with Crippen LogP contribution in [0.4, 0.5) is 0 Å². The summed E-state index contributed by atoms with van der Waals surface area (Å²) in [6.45, 7) is 8.54. The number of aliphatic hydroxyl groups is 1. The molecular weight excluding hydrogens is 432 g/mol. The van der Waals surface area contributed by atoms with Crippen molar-refractivity contribution in [3.05, 3.63) is 70.8 Å². The third-order valence-corrected chi connectivity index (χ3v) is 6.29. The highest BCUT2D eigenvalue weighted by molar-refractivity contribution is 6.46. The van der Waals surface area contributed by atoms with Crippen molar-refractivity contribution in [1.29, 1.82) is 0 Å². The molecule has 2 heterocycles. The Hall–Kier alpha value is -3.16. The van der Waals surface area contributed by atoms with E-state index in [2.05, 4.69) is 4.90 Å². The number of amides is 1. The summed E-state index contributed by atoms with van der Waals surface area (Å²) in [5, 5.41) is 11.2. The van der Waals surface area contributed by atoms with Crippen LogP contribution < -0.4 is 4.74 Å². The summed E-state index contributed by atoms with van der Waals surface area (Å²) in [7, 11) is 0. The first-order valence-corrected chi connectivity index (χ1v) is 11.9. The van der Waals surface area contributed by atoms with Crippen LogP contribution in [0.25, 0.3) is 5.76 Å². The molecule has 1 amide bonds. The molecular formula is C27H32N2O5. The van der Waals surface area contributed by atoms with E-state index in [1.807, 2.05) is 50.2 Å². The number of aliphatic hydroxyl groups excluding tert-OH is 1. The van der Waals surface area contributed by atoms with Crippen molar-refractivity contribution in [3.8, 4) is 5.75 Å². The molecule has 2 aliphatic heterocycles. The number of ether oxygens (including phenoxy) is 2. The molecule has 0 spiro atoms. The Morgan fingerprint density at radius 3 is 2.35 bits per heavy atom. The summed E-state index contributed by atoms with van der Waals surface area (Å²) in [5.74, 6) is -0.660. The smallest absolute Gasteiger partial charge is 0.295 e. The number of aryl methyl sites for hydroxylation is 1. The van der Waals surface area contributed by atoms with Crippen LogP contribution in [0, 0.1) is 6.92 Å². The lowest BCUT2D eigenvalue weighted by Crippen LogP contribution is -2.42. The van der Waals surface area contributed by atoms with Gasteiger partial charge >= 0.3 is 0 Å². The van der Waals surface area contributed by atoms with E-state index >= 15 is 0 Å². The maximum absolute atomic E-state index is 13.2. The summed E-state index contributed by atoms with van der Waals surface area (Å²) in [5.41, 5.74) is 2.45. The van der Waals surface area contributed by atoms with E-state index in [9.17, 15) is 14.7 Å². The average molecular weight is 465 g/mol. The molecule has 2 aromatic carbocycles. The van der Waals surface area contributed by atoms with E-state index in [4.69, 9.17) is 9.47 Å². The van der Waals surface area contributed by atoms with Crippen LogP contribution in [0.5, 0.6) is 5.75 Å². The number of morpholine rings is 1. The first-order valence-electron chi connectivity index (χ1n) is 11.9. The Balaban J connectivity index is 1.69. The minimum absolute atomic E-state index is 0.123. The summed E-state index contributed by atoms with van der Waals surface area (Å²) in [6.07, 6.45) is 0.903. The number of hydrogen-bond acceptors (Lipinski definition) is 6. The number of carbonyl (C=O) groups is 2. The molecule has 0 unspecified atom stereocenters. The van der Waals surface area contributed by atoms with Gasteiger partial charge in [0.05, 0.1) is 31.4 Å². The minimum Gasteiger partial charge on any atom is -0.507 e. The second-order valence-corrected chi connectivity index (χ2v) is 8.73. The van der Waals surface area contributed by atoms with Crippen LogP contribution in [0.15, 0.2) is 54.1 Å². The van der Waals surface area contributed by atoms with Gasteiger partial charge in [0.25, 0.3) is 11.7 Å². The predicted octanol–water partition coefficient (Wildman–Crippen LogP) is 3.54. The molecule has 180 valence electrons. The molecule has 0 radical (unpaired) electrons. The number of rotatable bonds is 8. The Kier molecular flexibility index (Phi) is 7.65. The maximum Gasteiger partial charge on any atom is 0.295 e. The third kappa shape index (κ3) is 5.16. The standard InChI is InChI=1S/C27H32N2O5/c1-3-16-34-22-10-8-20(9-11-22)24-23(25(30)21-6-4-19(2)5-7-21)26(31)27(32)29(24)13-12-28-14-17-33-18-15-28/h4-11,24,30H,3,12-18H2,1-2H3/b25-23+/t24-/m0/s1. The first kappa shape index (κ1) is 24.0. The number of benzene rings is 2. The Morgan fingerprint density at radius 2 is 1.71 bits per heavy atom. The summed E-state index contributed by atoms with van der Waals surface area (Å²) < 4.78 is 11.1. The van der Waals surface area contributed by atoms with Crippen LogP contribution in [0.3, 0.4) is 0 Å². The van der Waals surface area contributed by atoms with Gasteiger partial charge < -0.3 is 19.5 Å². The highest BCUT2D eigenvalue weighted by atomic mass is 16.5. The lowest BCUT2D eigenvalue weighted by atomic mass is 9.95. The molecule has 2 saturated heterocycles.